The molecule has 2 aromatic rings. The summed E-state index contributed by atoms with van der Waals surface area (Å²) in [5, 5.41) is 0.786. The van der Waals surface area contributed by atoms with E-state index in [2.05, 4.69) is 4.98 Å². The monoisotopic (exact) mass is 275 g/mol. The van der Waals surface area contributed by atoms with Gasteiger partial charge in [-0.05, 0) is 13.8 Å². The molecular weight excluding hydrogens is 262 g/mol. The zero-order valence-electron chi connectivity index (χ0n) is 10.6. The van der Waals surface area contributed by atoms with Crippen LogP contribution < -0.4 is 0 Å². The van der Waals surface area contributed by atoms with Crippen molar-refractivity contribution in [2.24, 2.45) is 0 Å². The molecule has 1 aromatic carbocycles. The molecule has 0 fully saturated rings. The third-order valence-electron chi connectivity index (χ3n) is 2.53. The van der Waals surface area contributed by atoms with Crippen LogP contribution in [0.5, 0.6) is 0 Å². The summed E-state index contributed by atoms with van der Waals surface area (Å²) in [4.78, 5) is 28.2. The van der Waals surface area contributed by atoms with Gasteiger partial charge in [-0.1, -0.05) is 30.3 Å². The smallest absolute Gasteiger partial charge is 0.350 e. The summed E-state index contributed by atoms with van der Waals surface area (Å²) < 4.78 is 5.15. The van der Waals surface area contributed by atoms with Crippen molar-refractivity contribution in [1.82, 2.24) is 4.98 Å². The first kappa shape index (κ1) is 13.4. The molecule has 1 aromatic heterocycles. The molecule has 1 unspecified atom stereocenters. The molecule has 0 aliphatic rings. The molecule has 0 saturated heterocycles. The zero-order chi connectivity index (χ0) is 13.8. The molecule has 0 aliphatic carbocycles. The summed E-state index contributed by atoms with van der Waals surface area (Å²) in [5.74, 6) is -0.724. The Morgan fingerprint density at radius 2 is 1.95 bits per heavy atom. The standard InChI is InChI=1S/C14H13NO3S/c1-9(13(16)11-6-4-3-5-7-11)18-14(17)12-8-15-10(2)19-12/h3-9H,1-2H3. The van der Waals surface area contributed by atoms with Crippen LogP contribution in [-0.2, 0) is 4.74 Å². The van der Waals surface area contributed by atoms with E-state index in [1.165, 1.54) is 17.5 Å². The average molecular weight is 275 g/mol. The highest BCUT2D eigenvalue weighted by Crippen LogP contribution is 2.15. The number of nitrogens with zero attached hydrogens (tertiary/aromatic N) is 1. The molecule has 98 valence electrons. The quantitative estimate of drug-likeness (QED) is 0.636. The van der Waals surface area contributed by atoms with Gasteiger partial charge in [-0.2, -0.15) is 0 Å². The number of rotatable bonds is 4. The van der Waals surface area contributed by atoms with Crippen molar-refractivity contribution < 1.29 is 14.3 Å². The van der Waals surface area contributed by atoms with Crippen LogP contribution in [0, 0.1) is 6.92 Å². The van der Waals surface area contributed by atoms with Gasteiger partial charge in [0.2, 0.25) is 5.78 Å². The predicted molar refractivity (Wildman–Crippen MR) is 72.5 cm³/mol. The van der Waals surface area contributed by atoms with Crippen LogP contribution in [0.3, 0.4) is 0 Å². The zero-order valence-corrected chi connectivity index (χ0v) is 11.4. The first-order valence-corrected chi connectivity index (χ1v) is 6.62. The van der Waals surface area contributed by atoms with E-state index < -0.39 is 12.1 Å². The molecule has 2 rings (SSSR count). The fourth-order valence-corrected chi connectivity index (χ4v) is 2.23. The lowest BCUT2D eigenvalue weighted by Crippen LogP contribution is -2.24. The second-order valence-electron chi connectivity index (χ2n) is 4.02. The number of carbonyl (C=O) groups excluding carboxylic acids is 2. The number of hydrogen-bond donors (Lipinski definition) is 0. The number of aryl methyl sites for hydroxylation is 1. The summed E-state index contributed by atoms with van der Waals surface area (Å²) >= 11 is 1.25. The van der Waals surface area contributed by atoms with Crippen molar-refractivity contribution in [3.05, 3.63) is 52.0 Å². The first-order valence-electron chi connectivity index (χ1n) is 5.80. The molecule has 0 spiro atoms. The van der Waals surface area contributed by atoms with E-state index >= 15 is 0 Å². The highest BCUT2D eigenvalue weighted by molar-refractivity contribution is 7.13. The van der Waals surface area contributed by atoms with Gasteiger partial charge in [0.25, 0.3) is 0 Å². The Morgan fingerprint density at radius 3 is 2.53 bits per heavy atom. The number of aromatic nitrogens is 1. The van der Waals surface area contributed by atoms with Crippen LogP contribution in [0.1, 0.15) is 32.0 Å². The predicted octanol–water partition coefficient (Wildman–Crippen LogP) is 2.88. The Kier molecular flexibility index (Phi) is 4.06. The first-order chi connectivity index (χ1) is 9.08. The highest BCUT2D eigenvalue weighted by atomic mass is 32.1. The SMILES string of the molecule is Cc1ncc(C(=O)OC(C)C(=O)c2ccccc2)s1. The van der Waals surface area contributed by atoms with Crippen LogP contribution in [0.25, 0.3) is 0 Å². The molecule has 0 amide bonds. The molecule has 0 bridgehead atoms. The lowest BCUT2D eigenvalue weighted by Gasteiger charge is -2.11. The Labute approximate surface area is 115 Å². The maximum absolute atomic E-state index is 12.0. The minimum Gasteiger partial charge on any atom is -0.450 e. The third kappa shape index (κ3) is 3.26. The van der Waals surface area contributed by atoms with E-state index in [1.807, 2.05) is 6.07 Å². The van der Waals surface area contributed by atoms with Crippen LogP contribution >= 0.6 is 11.3 Å². The topological polar surface area (TPSA) is 56.3 Å². The van der Waals surface area contributed by atoms with Crippen LogP contribution in [0.4, 0.5) is 0 Å². The van der Waals surface area contributed by atoms with E-state index in [4.69, 9.17) is 4.74 Å². The number of thiazole rings is 1. The number of ketones is 1. The number of carbonyl (C=O) groups is 2. The molecule has 5 heteroatoms. The van der Waals surface area contributed by atoms with E-state index in [0.29, 0.717) is 10.4 Å². The Morgan fingerprint density at radius 1 is 1.26 bits per heavy atom. The van der Waals surface area contributed by atoms with Gasteiger partial charge in [-0.15, -0.1) is 11.3 Å². The van der Waals surface area contributed by atoms with Crippen molar-refractivity contribution in [2.45, 2.75) is 20.0 Å². The molecule has 0 radical (unpaired) electrons. The van der Waals surface area contributed by atoms with Crippen molar-refractivity contribution in [2.75, 3.05) is 0 Å². The number of benzene rings is 1. The normalized spacial score (nSPS) is 11.9. The lowest BCUT2D eigenvalue weighted by atomic mass is 10.1. The Bertz CT molecular complexity index is 592. The molecule has 0 aliphatic heterocycles. The maximum Gasteiger partial charge on any atom is 0.350 e. The molecule has 0 saturated carbocycles. The van der Waals surface area contributed by atoms with E-state index in [9.17, 15) is 9.59 Å². The molecule has 0 N–H and O–H groups in total. The Balaban J connectivity index is 2.03. The van der Waals surface area contributed by atoms with Crippen molar-refractivity contribution in [3.8, 4) is 0 Å². The van der Waals surface area contributed by atoms with Gasteiger partial charge in [0.05, 0.1) is 11.2 Å². The minimum atomic E-state index is -0.808. The largest absolute Gasteiger partial charge is 0.450 e. The lowest BCUT2D eigenvalue weighted by molar-refractivity contribution is 0.0323. The van der Waals surface area contributed by atoms with E-state index in [-0.39, 0.29) is 5.78 Å². The summed E-state index contributed by atoms with van der Waals surface area (Å²) in [7, 11) is 0. The fourth-order valence-electron chi connectivity index (χ4n) is 1.57. The highest BCUT2D eigenvalue weighted by Gasteiger charge is 2.21. The molecule has 4 nitrogen and oxygen atoms in total. The third-order valence-corrected chi connectivity index (χ3v) is 3.43. The van der Waals surface area contributed by atoms with Gasteiger partial charge in [-0.3, -0.25) is 4.79 Å². The van der Waals surface area contributed by atoms with Gasteiger partial charge in [0.1, 0.15) is 4.88 Å². The van der Waals surface area contributed by atoms with Crippen molar-refractivity contribution in [1.29, 1.82) is 0 Å². The van der Waals surface area contributed by atoms with Crippen molar-refractivity contribution in [3.63, 3.8) is 0 Å². The van der Waals surface area contributed by atoms with E-state index in [1.54, 1.807) is 38.1 Å². The summed E-state index contributed by atoms with van der Waals surface area (Å²) in [6, 6.07) is 8.77. The average Bonchev–Trinajstić information content (AvgIpc) is 2.85. The maximum atomic E-state index is 12.0. The van der Waals surface area contributed by atoms with Gasteiger partial charge in [0, 0.05) is 5.56 Å². The number of ether oxygens (including phenoxy) is 1. The van der Waals surface area contributed by atoms with Crippen LogP contribution in [0.2, 0.25) is 0 Å². The molecule has 1 heterocycles. The van der Waals surface area contributed by atoms with Gasteiger partial charge in [0.15, 0.2) is 6.10 Å². The van der Waals surface area contributed by atoms with Gasteiger partial charge in [-0.25, -0.2) is 9.78 Å². The number of Topliss-reactive ketones (excluding diaryl/α,β-unsaturated/α-hetero) is 1. The van der Waals surface area contributed by atoms with E-state index in [0.717, 1.165) is 5.01 Å². The molecule has 1 atom stereocenters. The fraction of sp³-hybridized carbons (Fsp3) is 0.214. The molecule has 19 heavy (non-hydrogen) atoms. The minimum absolute atomic E-state index is 0.213. The second-order valence-corrected chi connectivity index (χ2v) is 5.26. The second kappa shape index (κ2) is 5.75. The van der Waals surface area contributed by atoms with Crippen LogP contribution in [0.15, 0.2) is 36.5 Å². The van der Waals surface area contributed by atoms with Crippen LogP contribution in [-0.4, -0.2) is 22.8 Å². The van der Waals surface area contributed by atoms with Gasteiger partial charge < -0.3 is 4.74 Å². The van der Waals surface area contributed by atoms with Crippen molar-refractivity contribution >= 4 is 23.1 Å². The van der Waals surface area contributed by atoms with Gasteiger partial charge >= 0.3 is 5.97 Å². The summed E-state index contributed by atoms with van der Waals surface area (Å²) in [5.41, 5.74) is 0.531. The Hall–Kier alpha value is -2.01. The number of esters is 1. The number of hydrogen-bond acceptors (Lipinski definition) is 5. The summed E-state index contributed by atoms with van der Waals surface area (Å²) in [6.45, 7) is 3.38. The molecular formula is C14H13NO3S. The summed E-state index contributed by atoms with van der Waals surface area (Å²) in [6.07, 6.45) is 0.652.